The van der Waals surface area contributed by atoms with Gasteiger partial charge in [-0.1, -0.05) is 0 Å². The number of ether oxygens (including phenoxy) is 1. The molecule has 0 aliphatic heterocycles. The molecule has 3 aromatic rings. The van der Waals surface area contributed by atoms with Gasteiger partial charge in [0.25, 0.3) is 5.91 Å². The molecule has 0 aliphatic rings. The summed E-state index contributed by atoms with van der Waals surface area (Å²) in [6.45, 7) is 1.87. The van der Waals surface area contributed by atoms with Gasteiger partial charge >= 0.3 is 0 Å². The fraction of sp³-hybridized carbons (Fsp3) is 0.133. The lowest BCUT2D eigenvalue weighted by Crippen LogP contribution is -2.16. The van der Waals surface area contributed by atoms with Gasteiger partial charge in [-0.25, -0.2) is 4.98 Å². The van der Waals surface area contributed by atoms with Gasteiger partial charge in [0.2, 0.25) is 0 Å². The highest BCUT2D eigenvalue weighted by Crippen LogP contribution is 2.18. The van der Waals surface area contributed by atoms with Crippen LogP contribution < -0.4 is 10.1 Å². The molecule has 6 heteroatoms. The van der Waals surface area contributed by atoms with Crippen LogP contribution in [0, 0.1) is 6.92 Å². The minimum Gasteiger partial charge on any atom is -0.497 e. The van der Waals surface area contributed by atoms with Gasteiger partial charge < -0.3 is 10.1 Å². The van der Waals surface area contributed by atoms with Crippen LogP contribution in [0.25, 0.3) is 5.65 Å². The van der Waals surface area contributed by atoms with Gasteiger partial charge in [-0.2, -0.15) is 9.61 Å². The first-order chi connectivity index (χ1) is 10.2. The number of hydrogen-bond acceptors (Lipinski definition) is 4. The summed E-state index contributed by atoms with van der Waals surface area (Å²) in [5.41, 5.74) is 2.12. The van der Waals surface area contributed by atoms with Crippen molar-refractivity contribution in [3.8, 4) is 5.75 Å². The van der Waals surface area contributed by atoms with Crippen LogP contribution in [0.4, 0.5) is 5.82 Å². The molecule has 0 radical (unpaired) electrons. The number of rotatable bonds is 3. The Balaban J connectivity index is 1.91. The molecule has 0 saturated carbocycles. The molecular weight excluding hydrogens is 268 g/mol. The van der Waals surface area contributed by atoms with Gasteiger partial charge in [0, 0.05) is 17.8 Å². The van der Waals surface area contributed by atoms with Gasteiger partial charge in [-0.05, 0) is 36.8 Å². The predicted molar refractivity (Wildman–Crippen MR) is 78.7 cm³/mol. The molecule has 0 fully saturated rings. The van der Waals surface area contributed by atoms with Gasteiger partial charge in [0.1, 0.15) is 11.6 Å². The second kappa shape index (κ2) is 5.24. The van der Waals surface area contributed by atoms with E-state index in [0.717, 1.165) is 11.3 Å². The molecule has 1 aromatic carbocycles. The molecule has 1 amide bonds. The molecule has 2 aromatic heterocycles. The number of nitrogens with zero attached hydrogens (tertiary/aromatic N) is 3. The first-order valence-electron chi connectivity index (χ1n) is 6.44. The minimum atomic E-state index is -0.196. The number of carbonyl (C=O) groups is 1. The number of nitrogens with one attached hydrogen (secondary N) is 1. The molecule has 0 spiro atoms. The van der Waals surface area contributed by atoms with E-state index in [1.54, 1.807) is 48.3 Å². The summed E-state index contributed by atoms with van der Waals surface area (Å²) in [6.07, 6.45) is 3.27. The summed E-state index contributed by atoms with van der Waals surface area (Å²) in [7, 11) is 1.60. The smallest absolute Gasteiger partial charge is 0.257 e. The molecule has 6 nitrogen and oxygen atoms in total. The van der Waals surface area contributed by atoms with E-state index in [0.29, 0.717) is 17.0 Å². The molecule has 2 heterocycles. The van der Waals surface area contributed by atoms with E-state index in [2.05, 4.69) is 15.4 Å². The van der Waals surface area contributed by atoms with Crippen molar-refractivity contribution in [3.63, 3.8) is 0 Å². The Labute approximate surface area is 121 Å². The average molecular weight is 282 g/mol. The maximum atomic E-state index is 12.4. The van der Waals surface area contributed by atoms with E-state index >= 15 is 0 Å². The van der Waals surface area contributed by atoms with Gasteiger partial charge in [-0.3, -0.25) is 4.79 Å². The lowest BCUT2D eigenvalue weighted by molar-refractivity contribution is 0.102. The average Bonchev–Trinajstić information content (AvgIpc) is 2.96. The summed E-state index contributed by atoms with van der Waals surface area (Å²) in [5, 5.41) is 6.98. The van der Waals surface area contributed by atoms with E-state index in [1.165, 1.54) is 0 Å². The zero-order chi connectivity index (χ0) is 14.8. The van der Waals surface area contributed by atoms with Crippen molar-refractivity contribution in [3.05, 3.63) is 53.9 Å². The van der Waals surface area contributed by atoms with Crippen LogP contribution in [0.2, 0.25) is 0 Å². The molecule has 1 N–H and O–H groups in total. The number of methoxy groups -OCH3 is 1. The summed E-state index contributed by atoms with van der Waals surface area (Å²) in [6, 6.07) is 8.80. The van der Waals surface area contributed by atoms with Crippen LogP contribution in [-0.4, -0.2) is 27.6 Å². The molecule has 0 atom stereocenters. The topological polar surface area (TPSA) is 68.5 Å². The third kappa shape index (κ3) is 2.43. The van der Waals surface area contributed by atoms with Crippen LogP contribution in [0.5, 0.6) is 5.75 Å². The highest BCUT2D eigenvalue weighted by atomic mass is 16.5. The number of amides is 1. The number of fused-ring (bicyclic) bond motifs is 1. The third-order valence-corrected chi connectivity index (χ3v) is 3.21. The Morgan fingerprint density at radius 1 is 1.24 bits per heavy atom. The Kier molecular flexibility index (Phi) is 3.27. The molecule has 0 aliphatic carbocycles. The van der Waals surface area contributed by atoms with E-state index in [-0.39, 0.29) is 5.91 Å². The highest BCUT2D eigenvalue weighted by molar-refractivity contribution is 6.05. The zero-order valence-electron chi connectivity index (χ0n) is 11.7. The summed E-state index contributed by atoms with van der Waals surface area (Å²) < 4.78 is 6.72. The molecule has 0 bridgehead atoms. The summed E-state index contributed by atoms with van der Waals surface area (Å²) in [5.74, 6) is 1.10. The lowest BCUT2D eigenvalue weighted by Gasteiger charge is -2.10. The van der Waals surface area contributed by atoms with Gasteiger partial charge in [-0.15, -0.1) is 0 Å². The number of carbonyl (C=O) groups excluding carboxylic acids is 1. The predicted octanol–water partition coefficient (Wildman–Crippen LogP) is 2.30. The number of aryl methyl sites for hydroxylation is 1. The van der Waals surface area contributed by atoms with Crippen LogP contribution in [-0.2, 0) is 0 Å². The summed E-state index contributed by atoms with van der Waals surface area (Å²) >= 11 is 0. The van der Waals surface area contributed by atoms with Gasteiger partial charge in [0.15, 0.2) is 5.65 Å². The Hall–Kier alpha value is -2.89. The summed E-state index contributed by atoms with van der Waals surface area (Å²) in [4.78, 5) is 16.5. The largest absolute Gasteiger partial charge is 0.497 e. The van der Waals surface area contributed by atoms with Crippen molar-refractivity contribution in [2.24, 2.45) is 0 Å². The highest BCUT2D eigenvalue weighted by Gasteiger charge is 2.12. The first-order valence-corrected chi connectivity index (χ1v) is 6.44. The van der Waals surface area contributed by atoms with Crippen molar-refractivity contribution in [2.45, 2.75) is 6.92 Å². The molecule has 0 unspecified atom stereocenters. The van der Waals surface area contributed by atoms with Crippen molar-refractivity contribution < 1.29 is 9.53 Å². The molecular formula is C15H14N4O2. The standard InChI is InChI=1S/C15H14N4O2/c1-10-9-11(21-2)3-4-12(10)15(20)18-14-5-7-16-13-6-8-17-19(13)14/h3-9H,1-2H3,(H,18,20). The minimum absolute atomic E-state index is 0.196. The van der Waals surface area contributed by atoms with Crippen molar-refractivity contribution >= 4 is 17.4 Å². The quantitative estimate of drug-likeness (QED) is 0.800. The number of anilines is 1. The van der Waals surface area contributed by atoms with Crippen LogP contribution in [0.1, 0.15) is 15.9 Å². The van der Waals surface area contributed by atoms with E-state index in [4.69, 9.17) is 4.74 Å². The normalized spacial score (nSPS) is 10.6. The fourth-order valence-electron chi connectivity index (χ4n) is 2.13. The Morgan fingerprint density at radius 3 is 2.86 bits per heavy atom. The number of hydrogen-bond donors (Lipinski definition) is 1. The first kappa shape index (κ1) is 13.1. The van der Waals surface area contributed by atoms with Crippen molar-refractivity contribution in [1.29, 1.82) is 0 Å². The Morgan fingerprint density at radius 2 is 2.10 bits per heavy atom. The monoisotopic (exact) mass is 282 g/mol. The number of benzene rings is 1. The van der Waals surface area contributed by atoms with Crippen molar-refractivity contribution in [1.82, 2.24) is 14.6 Å². The fourth-order valence-corrected chi connectivity index (χ4v) is 2.13. The zero-order valence-corrected chi connectivity index (χ0v) is 11.7. The molecule has 0 saturated heterocycles. The van der Waals surface area contributed by atoms with Crippen molar-refractivity contribution in [2.75, 3.05) is 12.4 Å². The maximum absolute atomic E-state index is 12.4. The SMILES string of the molecule is COc1ccc(C(=O)Nc2ccnc3ccnn23)c(C)c1. The Bertz CT molecular complexity index is 810. The lowest BCUT2D eigenvalue weighted by atomic mass is 10.1. The molecule has 3 rings (SSSR count). The van der Waals surface area contributed by atoms with E-state index in [1.807, 2.05) is 13.0 Å². The van der Waals surface area contributed by atoms with Crippen LogP contribution in [0.3, 0.4) is 0 Å². The third-order valence-electron chi connectivity index (χ3n) is 3.21. The van der Waals surface area contributed by atoms with Crippen LogP contribution in [0.15, 0.2) is 42.7 Å². The molecule has 21 heavy (non-hydrogen) atoms. The van der Waals surface area contributed by atoms with Crippen LogP contribution >= 0.6 is 0 Å². The number of aromatic nitrogens is 3. The molecule has 106 valence electrons. The van der Waals surface area contributed by atoms with E-state index < -0.39 is 0 Å². The van der Waals surface area contributed by atoms with E-state index in [9.17, 15) is 4.79 Å². The maximum Gasteiger partial charge on any atom is 0.257 e. The second-order valence-electron chi connectivity index (χ2n) is 4.57. The second-order valence-corrected chi connectivity index (χ2v) is 4.57. The van der Waals surface area contributed by atoms with Gasteiger partial charge in [0.05, 0.1) is 13.3 Å².